The van der Waals surface area contributed by atoms with Gasteiger partial charge in [0.1, 0.15) is 0 Å². The van der Waals surface area contributed by atoms with Crippen LogP contribution in [0.25, 0.3) is 0 Å². The number of carbonyl (C=O) groups excluding carboxylic acids is 3. The van der Waals surface area contributed by atoms with Crippen molar-refractivity contribution in [1.82, 2.24) is 10.2 Å². The van der Waals surface area contributed by atoms with E-state index >= 15 is 0 Å². The van der Waals surface area contributed by atoms with E-state index in [0.717, 1.165) is 0 Å². The summed E-state index contributed by atoms with van der Waals surface area (Å²) in [6.07, 6.45) is 0.756. The van der Waals surface area contributed by atoms with Crippen molar-refractivity contribution in [1.29, 1.82) is 5.26 Å². The fraction of sp³-hybridized carbons (Fsp3) is 0.412. The molecule has 0 radical (unpaired) electrons. The highest BCUT2D eigenvalue weighted by molar-refractivity contribution is 6.39. The minimum Gasteiger partial charge on any atom is -0.450 e. The molecule has 0 aliphatic carbocycles. The van der Waals surface area contributed by atoms with Gasteiger partial charge in [-0.2, -0.15) is 5.26 Å². The lowest BCUT2D eigenvalue weighted by Gasteiger charge is -2.31. The van der Waals surface area contributed by atoms with E-state index in [1.165, 1.54) is 6.07 Å². The molecule has 0 spiro atoms. The van der Waals surface area contributed by atoms with Crippen LogP contribution in [-0.2, 0) is 14.3 Å². The maximum atomic E-state index is 12.0. The van der Waals surface area contributed by atoms with Crippen LogP contribution in [0.3, 0.4) is 0 Å². The monoisotopic (exact) mass is 344 g/mol. The van der Waals surface area contributed by atoms with Gasteiger partial charge >= 0.3 is 17.9 Å². The molecule has 0 bridgehead atoms. The normalized spacial score (nSPS) is 14.3. The first-order valence-corrected chi connectivity index (χ1v) is 8.07. The topological polar surface area (TPSA) is 112 Å². The molecule has 0 unspecified atom stereocenters. The number of carbonyl (C=O) groups is 3. The summed E-state index contributed by atoms with van der Waals surface area (Å²) in [4.78, 5) is 37.2. The summed E-state index contributed by atoms with van der Waals surface area (Å²) in [6.45, 7) is 3.00. The van der Waals surface area contributed by atoms with Gasteiger partial charge in [-0.25, -0.2) is 4.79 Å². The zero-order valence-corrected chi connectivity index (χ0v) is 13.9. The van der Waals surface area contributed by atoms with Gasteiger partial charge in [-0.05, 0) is 38.0 Å². The van der Waals surface area contributed by atoms with Gasteiger partial charge in [0.25, 0.3) is 0 Å². The van der Waals surface area contributed by atoms with Gasteiger partial charge < -0.3 is 20.3 Å². The number of amides is 3. The second-order valence-corrected chi connectivity index (χ2v) is 5.58. The van der Waals surface area contributed by atoms with Gasteiger partial charge in [0.15, 0.2) is 0 Å². The number of nitriles is 1. The Labute approximate surface area is 145 Å². The van der Waals surface area contributed by atoms with Crippen LogP contribution in [0.1, 0.15) is 25.3 Å². The number of piperidine rings is 1. The molecule has 1 aliphatic heterocycles. The number of anilines is 1. The lowest BCUT2D eigenvalue weighted by atomic mass is 10.1. The van der Waals surface area contributed by atoms with E-state index in [9.17, 15) is 14.4 Å². The molecule has 1 fully saturated rings. The first-order valence-electron chi connectivity index (χ1n) is 8.07. The van der Waals surface area contributed by atoms with Gasteiger partial charge in [-0.1, -0.05) is 6.07 Å². The Bertz CT molecular complexity index is 690. The zero-order chi connectivity index (χ0) is 18.2. The van der Waals surface area contributed by atoms with Crippen molar-refractivity contribution in [3.05, 3.63) is 29.8 Å². The van der Waals surface area contributed by atoms with Crippen LogP contribution in [0.5, 0.6) is 0 Å². The summed E-state index contributed by atoms with van der Waals surface area (Å²) in [6, 6.07) is 8.11. The zero-order valence-electron chi connectivity index (χ0n) is 13.9. The largest absolute Gasteiger partial charge is 0.450 e. The molecule has 1 aliphatic rings. The first kappa shape index (κ1) is 18.3. The molecule has 1 heterocycles. The summed E-state index contributed by atoms with van der Waals surface area (Å²) in [5, 5.41) is 14.0. The van der Waals surface area contributed by atoms with E-state index in [0.29, 0.717) is 43.8 Å². The number of nitrogens with zero attached hydrogens (tertiary/aromatic N) is 2. The fourth-order valence-corrected chi connectivity index (χ4v) is 2.53. The van der Waals surface area contributed by atoms with E-state index in [1.807, 2.05) is 6.07 Å². The number of hydrogen-bond acceptors (Lipinski definition) is 5. The van der Waals surface area contributed by atoms with E-state index in [-0.39, 0.29) is 12.1 Å². The first-order chi connectivity index (χ1) is 12.0. The lowest BCUT2D eigenvalue weighted by molar-refractivity contribution is -0.136. The molecule has 132 valence electrons. The Morgan fingerprint density at radius 2 is 2.00 bits per heavy atom. The van der Waals surface area contributed by atoms with Crippen LogP contribution in [0.15, 0.2) is 24.3 Å². The minimum absolute atomic E-state index is 0.172. The molecular weight excluding hydrogens is 324 g/mol. The molecule has 0 atom stereocenters. The molecule has 3 amide bonds. The summed E-state index contributed by atoms with van der Waals surface area (Å²) >= 11 is 0. The van der Waals surface area contributed by atoms with Crippen LogP contribution in [0, 0.1) is 11.3 Å². The highest BCUT2D eigenvalue weighted by Gasteiger charge is 2.26. The average Bonchev–Trinajstić information content (AvgIpc) is 2.62. The maximum Gasteiger partial charge on any atom is 0.409 e. The molecule has 25 heavy (non-hydrogen) atoms. The highest BCUT2D eigenvalue weighted by Crippen LogP contribution is 2.12. The Morgan fingerprint density at radius 3 is 2.64 bits per heavy atom. The minimum atomic E-state index is -0.789. The van der Waals surface area contributed by atoms with Crippen molar-refractivity contribution < 1.29 is 19.1 Å². The van der Waals surface area contributed by atoms with Crippen molar-refractivity contribution >= 4 is 23.6 Å². The number of likely N-dealkylation sites (tertiary alicyclic amines) is 1. The molecule has 1 aromatic rings. The fourth-order valence-electron chi connectivity index (χ4n) is 2.53. The van der Waals surface area contributed by atoms with Crippen LogP contribution < -0.4 is 10.6 Å². The SMILES string of the molecule is CCOC(=O)N1CCC(NC(=O)C(=O)Nc2cccc(C#N)c2)CC1. The molecule has 2 rings (SSSR count). The third-order valence-corrected chi connectivity index (χ3v) is 3.81. The number of nitrogens with one attached hydrogen (secondary N) is 2. The quantitative estimate of drug-likeness (QED) is 0.801. The van der Waals surface area contributed by atoms with Crippen molar-refractivity contribution in [2.24, 2.45) is 0 Å². The van der Waals surface area contributed by atoms with Crippen molar-refractivity contribution in [2.75, 3.05) is 25.0 Å². The van der Waals surface area contributed by atoms with Gasteiger partial charge in [-0.3, -0.25) is 9.59 Å². The Hall–Kier alpha value is -3.08. The number of rotatable bonds is 3. The molecule has 1 aromatic carbocycles. The van der Waals surface area contributed by atoms with E-state index in [1.54, 1.807) is 30.0 Å². The number of ether oxygens (including phenoxy) is 1. The number of hydrogen-bond donors (Lipinski definition) is 2. The van der Waals surface area contributed by atoms with Gasteiger partial charge in [-0.15, -0.1) is 0 Å². The molecule has 1 saturated heterocycles. The Balaban J connectivity index is 1.81. The second kappa shape index (κ2) is 8.68. The molecular formula is C17H20N4O4. The predicted octanol–water partition coefficient (Wildman–Crippen LogP) is 1.23. The maximum absolute atomic E-state index is 12.0. The third-order valence-electron chi connectivity index (χ3n) is 3.81. The van der Waals surface area contributed by atoms with Crippen molar-refractivity contribution in [3.63, 3.8) is 0 Å². The smallest absolute Gasteiger partial charge is 0.409 e. The Kier molecular flexibility index (Phi) is 6.34. The third kappa shape index (κ3) is 5.21. The molecule has 0 aromatic heterocycles. The van der Waals surface area contributed by atoms with Gasteiger partial charge in [0, 0.05) is 24.8 Å². The standard InChI is InChI=1S/C17H20N4O4/c1-2-25-17(24)21-8-6-13(7-9-21)19-15(22)16(23)20-14-5-3-4-12(10-14)11-18/h3-5,10,13H,2,6-9H2,1H3,(H,19,22)(H,20,23). The summed E-state index contributed by atoms with van der Waals surface area (Å²) in [7, 11) is 0. The average molecular weight is 344 g/mol. The summed E-state index contributed by atoms with van der Waals surface area (Å²) < 4.78 is 4.93. The lowest BCUT2D eigenvalue weighted by Crippen LogP contribution is -2.49. The van der Waals surface area contributed by atoms with Crippen LogP contribution in [0.2, 0.25) is 0 Å². The highest BCUT2D eigenvalue weighted by atomic mass is 16.6. The van der Waals surface area contributed by atoms with Crippen LogP contribution in [0.4, 0.5) is 10.5 Å². The number of benzene rings is 1. The van der Waals surface area contributed by atoms with E-state index in [2.05, 4.69) is 10.6 Å². The van der Waals surface area contributed by atoms with Crippen LogP contribution >= 0.6 is 0 Å². The van der Waals surface area contributed by atoms with E-state index in [4.69, 9.17) is 10.00 Å². The van der Waals surface area contributed by atoms with Crippen LogP contribution in [-0.4, -0.2) is 48.5 Å². The second-order valence-electron chi connectivity index (χ2n) is 5.58. The summed E-state index contributed by atoms with van der Waals surface area (Å²) in [5.41, 5.74) is 0.779. The summed E-state index contributed by atoms with van der Waals surface area (Å²) in [5.74, 6) is -1.53. The Morgan fingerprint density at radius 1 is 1.28 bits per heavy atom. The predicted molar refractivity (Wildman–Crippen MR) is 89.5 cm³/mol. The van der Waals surface area contributed by atoms with Gasteiger partial charge in [0.05, 0.1) is 18.2 Å². The molecule has 8 heteroatoms. The molecule has 8 nitrogen and oxygen atoms in total. The molecule has 0 saturated carbocycles. The van der Waals surface area contributed by atoms with Crippen molar-refractivity contribution in [2.45, 2.75) is 25.8 Å². The van der Waals surface area contributed by atoms with Crippen molar-refractivity contribution in [3.8, 4) is 6.07 Å². The van der Waals surface area contributed by atoms with Gasteiger partial charge in [0.2, 0.25) is 0 Å². The van der Waals surface area contributed by atoms with E-state index < -0.39 is 11.8 Å². The molecule has 2 N–H and O–H groups in total.